The standard InChI is InChI=1S/C21H22F3N5O/c22-21(23,24)16-1-2-19-18(9-16)15(10-27-19)13-29-7-3-14(4-8-29)20(30)28-12-17-11-25-5-6-26-17/h1-2,5-6,9-11,14,27H,3-4,7-8,12-13H2,(H,28,30). The van der Waals surface area contributed by atoms with Crippen molar-refractivity contribution in [2.45, 2.75) is 32.1 Å². The maximum absolute atomic E-state index is 13.0. The zero-order chi connectivity index (χ0) is 21.1. The molecule has 158 valence electrons. The SMILES string of the molecule is O=C(NCc1cnccn1)C1CCN(Cc2c[nH]c3ccc(C(F)(F)F)cc23)CC1. The first-order valence-corrected chi connectivity index (χ1v) is 9.82. The summed E-state index contributed by atoms with van der Waals surface area (Å²) in [6.45, 7) is 2.34. The van der Waals surface area contributed by atoms with Crippen LogP contribution in [0.15, 0.2) is 43.0 Å². The topological polar surface area (TPSA) is 73.9 Å². The van der Waals surface area contributed by atoms with Crippen LogP contribution in [0.25, 0.3) is 10.9 Å². The molecule has 9 heteroatoms. The lowest BCUT2D eigenvalue weighted by Gasteiger charge is -2.31. The first kappa shape index (κ1) is 20.3. The zero-order valence-corrected chi connectivity index (χ0v) is 16.2. The maximum Gasteiger partial charge on any atom is 0.416 e. The van der Waals surface area contributed by atoms with Crippen LogP contribution in [0.3, 0.4) is 0 Å². The van der Waals surface area contributed by atoms with Gasteiger partial charge in [-0.05, 0) is 49.7 Å². The van der Waals surface area contributed by atoms with Crippen LogP contribution in [0.5, 0.6) is 0 Å². The number of benzene rings is 1. The summed E-state index contributed by atoms with van der Waals surface area (Å²) < 4.78 is 39.1. The number of piperidine rings is 1. The number of hydrogen-bond donors (Lipinski definition) is 2. The highest BCUT2D eigenvalue weighted by Gasteiger charge is 2.31. The second kappa shape index (κ2) is 8.43. The van der Waals surface area contributed by atoms with Crippen molar-refractivity contribution in [3.05, 3.63) is 59.8 Å². The largest absolute Gasteiger partial charge is 0.416 e. The number of nitrogens with one attached hydrogen (secondary N) is 2. The quantitative estimate of drug-likeness (QED) is 0.666. The molecule has 1 aromatic carbocycles. The molecular weight excluding hydrogens is 395 g/mol. The summed E-state index contributed by atoms with van der Waals surface area (Å²) in [5.41, 5.74) is 1.59. The lowest BCUT2D eigenvalue weighted by Crippen LogP contribution is -2.40. The number of alkyl halides is 3. The molecule has 1 aliphatic heterocycles. The Bertz CT molecular complexity index is 1010. The van der Waals surface area contributed by atoms with Crippen LogP contribution in [0.1, 0.15) is 29.7 Å². The van der Waals surface area contributed by atoms with E-state index in [1.807, 2.05) is 0 Å². The minimum absolute atomic E-state index is 0.00205. The van der Waals surface area contributed by atoms with Crippen molar-refractivity contribution >= 4 is 16.8 Å². The van der Waals surface area contributed by atoms with Gasteiger partial charge >= 0.3 is 6.18 Å². The molecule has 4 rings (SSSR count). The molecule has 0 bridgehead atoms. The molecule has 1 fully saturated rings. The first-order valence-electron chi connectivity index (χ1n) is 9.82. The normalized spacial score (nSPS) is 16.1. The van der Waals surface area contributed by atoms with Crippen molar-refractivity contribution < 1.29 is 18.0 Å². The van der Waals surface area contributed by atoms with E-state index >= 15 is 0 Å². The third-order valence-corrected chi connectivity index (χ3v) is 5.51. The summed E-state index contributed by atoms with van der Waals surface area (Å²) >= 11 is 0. The van der Waals surface area contributed by atoms with Gasteiger partial charge in [0.05, 0.1) is 24.0 Å². The van der Waals surface area contributed by atoms with Crippen LogP contribution in [0, 0.1) is 5.92 Å². The average molecular weight is 417 g/mol. The van der Waals surface area contributed by atoms with Crippen molar-refractivity contribution in [2.75, 3.05) is 13.1 Å². The second-order valence-electron chi connectivity index (χ2n) is 7.54. The van der Waals surface area contributed by atoms with E-state index < -0.39 is 11.7 Å². The smallest absolute Gasteiger partial charge is 0.361 e. The van der Waals surface area contributed by atoms with Gasteiger partial charge in [-0.3, -0.25) is 19.7 Å². The molecule has 0 spiro atoms. The van der Waals surface area contributed by atoms with Crippen LogP contribution >= 0.6 is 0 Å². The van der Waals surface area contributed by atoms with E-state index in [1.165, 1.54) is 12.1 Å². The fraction of sp³-hybridized carbons (Fsp3) is 0.381. The van der Waals surface area contributed by atoms with Gasteiger partial charge in [-0.15, -0.1) is 0 Å². The fourth-order valence-corrected chi connectivity index (χ4v) is 3.82. The molecule has 1 amide bonds. The van der Waals surface area contributed by atoms with Gasteiger partial charge < -0.3 is 10.3 Å². The Hall–Kier alpha value is -2.94. The second-order valence-corrected chi connectivity index (χ2v) is 7.54. The summed E-state index contributed by atoms with van der Waals surface area (Å²) in [5.74, 6) is -0.0695. The van der Waals surface area contributed by atoms with Gasteiger partial charge in [0.2, 0.25) is 5.91 Å². The Morgan fingerprint density at radius 2 is 2.03 bits per heavy atom. The Balaban J connectivity index is 1.33. The predicted octanol–water partition coefficient (Wildman–Crippen LogP) is 3.51. The zero-order valence-electron chi connectivity index (χ0n) is 16.2. The summed E-state index contributed by atoms with van der Waals surface area (Å²) in [7, 11) is 0. The molecule has 2 N–H and O–H groups in total. The molecule has 6 nitrogen and oxygen atoms in total. The van der Waals surface area contributed by atoms with E-state index in [-0.39, 0.29) is 11.8 Å². The summed E-state index contributed by atoms with van der Waals surface area (Å²) in [4.78, 5) is 25.7. The molecule has 30 heavy (non-hydrogen) atoms. The number of likely N-dealkylation sites (tertiary alicyclic amines) is 1. The number of aromatic amines is 1. The molecular formula is C21H22F3N5O. The van der Waals surface area contributed by atoms with E-state index in [4.69, 9.17) is 0 Å². The summed E-state index contributed by atoms with van der Waals surface area (Å²) in [5, 5.41) is 3.49. The number of halogens is 3. The van der Waals surface area contributed by atoms with Gasteiger partial charge in [-0.2, -0.15) is 13.2 Å². The molecule has 0 radical (unpaired) electrons. The molecule has 1 saturated heterocycles. The van der Waals surface area contributed by atoms with Gasteiger partial charge in [0.25, 0.3) is 0 Å². The van der Waals surface area contributed by atoms with Crippen molar-refractivity contribution in [2.24, 2.45) is 5.92 Å². The molecule has 2 aromatic heterocycles. The molecule has 3 heterocycles. The lowest BCUT2D eigenvalue weighted by atomic mass is 9.95. The van der Waals surface area contributed by atoms with Gasteiger partial charge in [0.15, 0.2) is 0 Å². The number of nitrogens with zero attached hydrogens (tertiary/aromatic N) is 3. The van der Waals surface area contributed by atoms with E-state index in [0.717, 1.165) is 24.7 Å². The van der Waals surface area contributed by atoms with Gasteiger partial charge in [0, 0.05) is 42.0 Å². The van der Waals surface area contributed by atoms with Crippen LogP contribution < -0.4 is 5.32 Å². The molecule has 0 aliphatic carbocycles. The Morgan fingerprint density at radius 1 is 1.23 bits per heavy atom. The maximum atomic E-state index is 13.0. The number of carbonyl (C=O) groups excluding carboxylic acids is 1. The highest BCUT2D eigenvalue weighted by Crippen LogP contribution is 2.32. The highest BCUT2D eigenvalue weighted by atomic mass is 19.4. The highest BCUT2D eigenvalue weighted by molar-refractivity contribution is 5.84. The predicted molar refractivity (Wildman–Crippen MR) is 105 cm³/mol. The van der Waals surface area contributed by atoms with Crippen molar-refractivity contribution in [1.29, 1.82) is 0 Å². The van der Waals surface area contributed by atoms with E-state index in [2.05, 4.69) is 25.2 Å². The molecule has 1 aliphatic rings. The number of H-pyrrole nitrogens is 1. The van der Waals surface area contributed by atoms with Gasteiger partial charge in [-0.1, -0.05) is 0 Å². The van der Waals surface area contributed by atoms with Crippen molar-refractivity contribution in [3.63, 3.8) is 0 Å². The molecule has 0 saturated carbocycles. The number of rotatable bonds is 5. The minimum Gasteiger partial charge on any atom is -0.361 e. The Kier molecular flexibility index (Phi) is 5.72. The van der Waals surface area contributed by atoms with Crippen LogP contribution in [-0.2, 0) is 24.1 Å². The molecule has 0 unspecified atom stereocenters. The van der Waals surface area contributed by atoms with Crippen LogP contribution in [-0.4, -0.2) is 38.8 Å². The summed E-state index contributed by atoms with van der Waals surface area (Å²) in [6, 6.07) is 3.76. The third kappa shape index (κ3) is 4.62. The molecule has 3 aromatic rings. The number of hydrogen-bond acceptors (Lipinski definition) is 4. The monoisotopic (exact) mass is 417 g/mol. The van der Waals surface area contributed by atoms with Gasteiger partial charge in [0.1, 0.15) is 0 Å². The minimum atomic E-state index is -4.36. The Labute approximate surface area is 171 Å². The molecule has 0 atom stereocenters. The first-order chi connectivity index (χ1) is 14.4. The number of fused-ring (bicyclic) bond motifs is 1. The van der Waals surface area contributed by atoms with Crippen LogP contribution in [0.2, 0.25) is 0 Å². The Morgan fingerprint density at radius 3 is 2.73 bits per heavy atom. The fourth-order valence-electron chi connectivity index (χ4n) is 3.82. The van der Waals surface area contributed by atoms with E-state index in [9.17, 15) is 18.0 Å². The van der Waals surface area contributed by atoms with Gasteiger partial charge in [-0.25, -0.2) is 0 Å². The van der Waals surface area contributed by atoms with Crippen LogP contribution in [0.4, 0.5) is 13.2 Å². The third-order valence-electron chi connectivity index (χ3n) is 5.51. The number of carbonyl (C=O) groups is 1. The average Bonchev–Trinajstić information content (AvgIpc) is 3.15. The van der Waals surface area contributed by atoms with E-state index in [0.29, 0.717) is 42.5 Å². The number of aromatic nitrogens is 3. The van der Waals surface area contributed by atoms with Crippen molar-refractivity contribution in [3.8, 4) is 0 Å². The number of amides is 1. The van der Waals surface area contributed by atoms with E-state index in [1.54, 1.807) is 24.8 Å². The van der Waals surface area contributed by atoms with Crippen molar-refractivity contribution in [1.82, 2.24) is 25.2 Å². The summed E-state index contributed by atoms with van der Waals surface area (Å²) in [6.07, 6.45) is 3.62. The lowest BCUT2D eigenvalue weighted by molar-refractivity contribution is -0.137.